The first-order valence-electron chi connectivity index (χ1n) is 5.24. The maximum absolute atomic E-state index is 4.13. The Balaban J connectivity index is 2.30. The second-order valence-corrected chi connectivity index (χ2v) is 5.43. The van der Waals surface area contributed by atoms with Crippen LogP contribution in [0.15, 0.2) is 24.3 Å². The molecule has 1 rings (SSSR count). The molecule has 0 nitrogen and oxygen atoms in total. The van der Waals surface area contributed by atoms with Gasteiger partial charge in [0.2, 0.25) is 0 Å². The lowest BCUT2D eigenvalue weighted by molar-refractivity contribution is 0.491. The van der Waals surface area contributed by atoms with Gasteiger partial charge >= 0.3 is 0 Å². The van der Waals surface area contributed by atoms with E-state index in [1.165, 1.54) is 30.4 Å². The van der Waals surface area contributed by atoms with Gasteiger partial charge in [0.1, 0.15) is 0 Å². The van der Waals surface area contributed by atoms with Gasteiger partial charge < -0.3 is 0 Å². The number of hydrogen-bond acceptors (Lipinski definition) is 0. The fraction of sp³-hybridized carbons (Fsp3) is 0.692. The van der Waals surface area contributed by atoms with Gasteiger partial charge in [-0.2, -0.15) is 0 Å². The first-order valence-corrected chi connectivity index (χ1v) is 5.24. The summed E-state index contributed by atoms with van der Waals surface area (Å²) in [6.45, 7) is 14.9. The lowest BCUT2D eigenvalue weighted by Crippen LogP contribution is -2.08. The van der Waals surface area contributed by atoms with E-state index in [1.54, 1.807) is 0 Å². The molecule has 1 aliphatic carbocycles. The van der Waals surface area contributed by atoms with Crippen molar-refractivity contribution in [2.75, 3.05) is 0 Å². The average molecular weight is 178 g/mol. The van der Waals surface area contributed by atoms with Gasteiger partial charge in [0.25, 0.3) is 0 Å². The predicted octanol–water partition coefficient (Wildman–Crippen LogP) is 4.34. The summed E-state index contributed by atoms with van der Waals surface area (Å²) in [6.07, 6.45) is 5.09. The normalized spacial score (nSPS) is 17.2. The molecule has 0 aromatic rings. The van der Waals surface area contributed by atoms with Gasteiger partial charge in [0, 0.05) is 0 Å². The molecule has 0 N–H and O–H groups in total. The molecule has 13 heavy (non-hydrogen) atoms. The highest BCUT2D eigenvalue weighted by Crippen LogP contribution is 2.37. The second-order valence-electron chi connectivity index (χ2n) is 5.43. The van der Waals surface area contributed by atoms with Crippen molar-refractivity contribution in [1.82, 2.24) is 0 Å². The molecule has 74 valence electrons. The summed E-state index contributed by atoms with van der Waals surface area (Å²) in [5.41, 5.74) is 2.94. The van der Waals surface area contributed by atoms with E-state index in [4.69, 9.17) is 0 Å². The minimum atomic E-state index is 0.243. The smallest absolute Gasteiger partial charge is 0.0109 e. The molecule has 0 aromatic heterocycles. The van der Waals surface area contributed by atoms with E-state index in [2.05, 4.69) is 33.9 Å². The summed E-state index contributed by atoms with van der Waals surface area (Å²) in [4.78, 5) is 0. The number of hydrogen-bond donors (Lipinski definition) is 0. The SMILES string of the molecule is C=C(CC(=C)C(C)(C)C)CC1CC1. The van der Waals surface area contributed by atoms with Crippen LogP contribution in [0.4, 0.5) is 0 Å². The van der Waals surface area contributed by atoms with Crippen LogP contribution in [0.3, 0.4) is 0 Å². The minimum Gasteiger partial charge on any atom is -0.0995 e. The van der Waals surface area contributed by atoms with Gasteiger partial charge in [-0.1, -0.05) is 45.1 Å². The van der Waals surface area contributed by atoms with Crippen molar-refractivity contribution in [1.29, 1.82) is 0 Å². The Morgan fingerprint density at radius 3 is 2.15 bits per heavy atom. The quantitative estimate of drug-likeness (QED) is 0.562. The van der Waals surface area contributed by atoms with Crippen molar-refractivity contribution in [2.24, 2.45) is 11.3 Å². The monoisotopic (exact) mass is 178 g/mol. The third kappa shape index (κ3) is 3.80. The summed E-state index contributed by atoms with van der Waals surface area (Å²) in [7, 11) is 0. The molecule has 0 unspecified atom stereocenters. The minimum absolute atomic E-state index is 0.243. The Kier molecular flexibility index (Phi) is 3.00. The molecule has 0 saturated heterocycles. The zero-order chi connectivity index (χ0) is 10.1. The lowest BCUT2D eigenvalue weighted by atomic mass is 9.83. The summed E-state index contributed by atoms with van der Waals surface area (Å²) in [5, 5.41) is 0. The van der Waals surface area contributed by atoms with Crippen LogP contribution in [-0.4, -0.2) is 0 Å². The van der Waals surface area contributed by atoms with E-state index < -0.39 is 0 Å². The van der Waals surface area contributed by atoms with E-state index in [-0.39, 0.29) is 5.41 Å². The fourth-order valence-corrected chi connectivity index (χ4v) is 1.37. The molecule has 0 radical (unpaired) electrons. The fourth-order valence-electron chi connectivity index (χ4n) is 1.37. The van der Waals surface area contributed by atoms with Crippen LogP contribution in [0.5, 0.6) is 0 Å². The zero-order valence-electron chi connectivity index (χ0n) is 9.32. The Hall–Kier alpha value is -0.520. The Labute approximate surface area is 82.7 Å². The van der Waals surface area contributed by atoms with Crippen LogP contribution in [0.25, 0.3) is 0 Å². The second kappa shape index (κ2) is 3.69. The molecular weight excluding hydrogens is 156 g/mol. The van der Waals surface area contributed by atoms with E-state index >= 15 is 0 Å². The highest BCUT2D eigenvalue weighted by molar-refractivity contribution is 5.16. The molecular formula is C13H22. The number of rotatable bonds is 4. The van der Waals surface area contributed by atoms with Gasteiger partial charge in [-0.15, -0.1) is 0 Å². The van der Waals surface area contributed by atoms with E-state index in [9.17, 15) is 0 Å². The summed E-state index contributed by atoms with van der Waals surface area (Å²) in [5.74, 6) is 0.959. The van der Waals surface area contributed by atoms with Gasteiger partial charge in [-0.05, 0) is 37.0 Å². The maximum Gasteiger partial charge on any atom is -0.0109 e. The maximum atomic E-state index is 4.13. The van der Waals surface area contributed by atoms with Crippen molar-refractivity contribution in [3.05, 3.63) is 24.3 Å². The van der Waals surface area contributed by atoms with Crippen molar-refractivity contribution in [3.8, 4) is 0 Å². The van der Waals surface area contributed by atoms with Crippen LogP contribution in [-0.2, 0) is 0 Å². The van der Waals surface area contributed by atoms with Crippen LogP contribution in [0.2, 0.25) is 0 Å². The number of allylic oxidation sites excluding steroid dienone is 2. The molecule has 0 aliphatic heterocycles. The first kappa shape index (κ1) is 10.6. The van der Waals surface area contributed by atoms with Crippen molar-refractivity contribution >= 4 is 0 Å². The van der Waals surface area contributed by atoms with Crippen LogP contribution in [0.1, 0.15) is 46.5 Å². The molecule has 0 atom stereocenters. The van der Waals surface area contributed by atoms with Gasteiger partial charge in [0.05, 0.1) is 0 Å². The summed E-state index contributed by atoms with van der Waals surface area (Å²) in [6, 6.07) is 0. The van der Waals surface area contributed by atoms with E-state index in [0.29, 0.717) is 0 Å². The lowest BCUT2D eigenvalue weighted by Gasteiger charge is -2.22. The largest absolute Gasteiger partial charge is 0.0995 e. The Morgan fingerprint density at radius 2 is 1.77 bits per heavy atom. The molecule has 1 aliphatic rings. The van der Waals surface area contributed by atoms with Gasteiger partial charge in [0.15, 0.2) is 0 Å². The van der Waals surface area contributed by atoms with E-state index in [0.717, 1.165) is 12.3 Å². The predicted molar refractivity (Wildman–Crippen MR) is 59.7 cm³/mol. The Morgan fingerprint density at radius 1 is 1.23 bits per heavy atom. The van der Waals surface area contributed by atoms with Gasteiger partial charge in [-0.25, -0.2) is 0 Å². The highest BCUT2D eigenvalue weighted by atomic mass is 14.3. The van der Waals surface area contributed by atoms with Crippen molar-refractivity contribution < 1.29 is 0 Å². The zero-order valence-corrected chi connectivity index (χ0v) is 9.32. The molecule has 0 heteroatoms. The molecule has 0 amide bonds. The topological polar surface area (TPSA) is 0 Å². The summed E-state index contributed by atoms with van der Waals surface area (Å²) < 4.78 is 0. The Bertz CT molecular complexity index is 211. The van der Waals surface area contributed by atoms with Crippen molar-refractivity contribution in [2.45, 2.75) is 46.5 Å². The average Bonchev–Trinajstić information content (AvgIpc) is 2.68. The molecule has 0 heterocycles. The molecule has 0 aromatic carbocycles. The highest BCUT2D eigenvalue weighted by Gasteiger charge is 2.23. The van der Waals surface area contributed by atoms with Crippen molar-refractivity contribution in [3.63, 3.8) is 0 Å². The molecule has 0 bridgehead atoms. The third-order valence-electron chi connectivity index (χ3n) is 2.80. The molecule has 1 fully saturated rings. The molecule has 0 spiro atoms. The first-order chi connectivity index (χ1) is 5.89. The van der Waals surface area contributed by atoms with Crippen LogP contribution in [0, 0.1) is 11.3 Å². The summed E-state index contributed by atoms with van der Waals surface area (Å²) >= 11 is 0. The van der Waals surface area contributed by atoms with Gasteiger partial charge in [-0.3, -0.25) is 0 Å². The standard InChI is InChI=1S/C13H22/c1-10(9-12-6-7-12)8-11(2)13(3,4)5/h12H,1-2,6-9H2,3-5H3. The van der Waals surface area contributed by atoms with Crippen LogP contribution >= 0.6 is 0 Å². The van der Waals surface area contributed by atoms with Crippen LogP contribution < -0.4 is 0 Å². The third-order valence-corrected chi connectivity index (χ3v) is 2.80. The van der Waals surface area contributed by atoms with E-state index in [1.807, 2.05) is 0 Å². The molecule has 1 saturated carbocycles.